The molecule has 0 aromatic heterocycles. The minimum absolute atomic E-state index is 0.236. The number of carbonyl (C=O) groups is 3. The van der Waals surface area contributed by atoms with E-state index < -0.39 is 11.6 Å². The van der Waals surface area contributed by atoms with Crippen molar-refractivity contribution in [2.75, 3.05) is 6.54 Å². The standard InChI is InChI=1S/C21H20N2O3/c1-2-14-7-9-16(10-8-14)18(24)13-23-19(25)21(22-20(23)26)12-11-15-5-3-4-6-17(15)21/h3-10H,2,11-13H2,1H3,(H,22,26). The maximum absolute atomic E-state index is 13.1. The molecule has 1 N–H and O–H groups in total. The molecule has 1 heterocycles. The lowest BCUT2D eigenvalue weighted by Gasteiger charge is -2.22. The number of urea groups is 1. The molecule has 132 valence electrons. The normalized spacial score (nSPS) is 21.2. The summed E-state index contributed by atoms with van der Waals surface area (Å²) < 4.78 is 0. The van der Waals surface area contributed by atoms with Gasteiger partial charge in [-0.1, -0.05) is 55.5 Å². The van der Waals surface area contributed by atoms with E-state index in [2.05, 4.69) is 5.32 Å². The van der Waals surface area contributed by atoms with Crippen molar-refractivity contribution in [3.8, 4) is 0 Å². The van der Waals surface area contributed by atoms with Crippen LogP contribution in [0.25, 0.3) is 0 Å². The van der Waals surface area contributed by atoms with Crippen LogP contribution in [-0.4, -0.2) is 29.2 Å². The molecule has 4 rings (SSSR count). The van der Waals surface area contributed by atoms with Crippen LogP contribution in [0, 0.1) is 0 Å². The van der Waals surface area contributed by atoms with Crippen LogP contribution in [0.4, 0.5) is 4.79 Å². The smallest absolute Gasteiger partial charge is 0.319 e. The van der Waals surface area contributed by atoms with Gasteiger partial charge >= 0.3 is 6.03 Å². The van der Waals surface area contributed by atoms with E-state index in [1.165, 1.54) is 0 Å². The molecule has 1 unspecified atom stereocenters. The van der Waals surface area contributed by atoms with Gasteiger partial charge in [0.2, 0.25) is 0 Å². The van der Waals surface area contributed by atoms with Gasteiger partial charge in [-0.3, -0.25) is 14.5 Å². The molecule has 1 aliphatic heterocycles. The van der Waals surface area contributed by atoms with Crippen molar-refractivity contribution in [3.05, 3.63) is 70.8 Å². The molecule has 1 fully saturated rings. The fourth-order valence-electron chi connectivity index (χ4n) is 3.89. The molecule has 26 heavy (non-hydrogen) atoms. The van der Waals surface area contributed by atoms with Crippen LogP contribution in [0.1, 0.15) is 40.4 Å². The summed E-state index contributed by atoms with van der Waals surface area (Å²) in [7, 11) is 0. The van der Waals surface area contributed by atoms with E-state index in [4.69, 9.17) is 0 Å². The van der Waals surface area contributed by atoms with Gasteiger partial charge in [0.05, 0.1) is 6.54 Å². The highest BCUT2D eigenvalue weighted by Crippen LogP contribution is 2.41. The summed E-state index contributed by atoms with van der Waals surface area (Å²) in [5, 5.41) is 2.85. The number of rotatable bonds is 4. The quantitative estimate of drug-likeness (QED) is 0.682. The second kappa shape index (κ2) is 6.09. The Labute approximate surface area is 152 Å². The van der Waals surface area contributed by atoms with Gasteiger partial charge in [0, 0.05) is 5.56 Å². The van der Waals surface area contributed by atoms with E-state index in [-0.39, 0.29) is 18.2 Å². The Balaban J connectivity index is 1.58. The number of fused-ring (bicyclic) bond motifs is 2. The van der Waals surface area contributed by atoms with E-state index in [1.807, 2.05) is 43.3 Å². The predicted octanol–water partition coefficient (Wildman–Crippen LogP) is 2.83. The third-order valence-electron chi connectivity index (χ3n) is 5.41. The van der Waals surface area contributed by atoms with Gasteiger partial charge in [-0.15, -0.1) is 0 Å². The molecule has 5 nitrogen and oxygen atoms in total. The molecule has 1 aliphatic carbocycles. The van der Waals surface area contributed by atoms with Gasteiger partial charge in [-0.2, -0.15) is 0 Å². The lowest BCUT2D eigenvalue weighted by atomic mass is 9.92. The minimum Gasteiger partial charge on any atom is -0.319 e. The van der Waals surface area contributed by atoms with Gasteiger partial charge in [-0.05, 0) is 36.0 Å². The fraction of sp³-hybridized carbons (Fsp3) is 0.286. The number of benzene rings is 2. The Morgan fingerprint density at radius 1 is 1.12 bits per heavy atom. The summed E-state index contributed by atoms with van der Waals surface area (Å²) in [5.74, 6) is -0.564. The average Bonchev–Trinajstić information content (AvgIpc) is 3.15. The second-order valence-corrected chi connectivity index (χ2v) is 6.86. The maximum Gasteiger partial charge on any atom is 0.325 e. The van der Waals surface area contributed by atoms with Gasteiger partial charge in [0.25, 0.3) is 5.91 Å². The number of ketones is 1. The minimum atomic E-state index is -1.01. The Morgan fingerprint density at radius 2 is 1.85 bits per heavy atom. The van der Waals surface area contributed by atoms with Crippen LogP contribution >= 0.6 is 0 Å². The van der Waals surface area contributed by atoms with Crippen molar-refractivity contribution in [1.29, 1.82) is 0 Å². The van der Waals surface area contributed by atoms with Crippen LogP contribution in [-0.2, 0) is 23.2 Å². The molecule has 5 heteroatoms. The van der Waals surface area contributed by atoms with Crippen molar-refractivity contribution >= 4 is 17.7 Å². The van der Waals surface area contributed by atoms with E-state index in [0.717, 1.165) is 34.4 Å². The summed E-state index contributed by atoms with van der Waals surface area (Å²) in [6.07, 6.45) is 2.17. The number of Topliss-reactive ketones (excluding diaryl/α,β-unsaturated/α-hetero) is 1. The zero-order chi connectivity index (χ0) is 18.3. The molecule has 2 aliphatic rings. The van der Waals surface area contributed by atoms with Crippen LogP contribution in [0.5, 0.6) is 0 Å². The van der Waals surface area contributed by atoms with E-state index >= 15 is 0 Å². The van der Waals surface area contributed by atoms with E-state index in [1.54, 1.807) is 12.1 Å². The zero-order valence-corrected chi connectivity index (χ0v) is 14.6. The highest BCUT2D eigenvalue weighted by molar-refractivity contribution is 6.11. The molecule has 2 aromatic carbocycles. The maximum atomic E-state index is 13.1. The molecule has 0 saturated carbocycles. The largest absolute Gasteiger partial charge is 0.325 e. The van der Waals surface area contributed by atoms with Crippen molar-refractivity contribution in [1.82, 2.24) is 10.2 Å². The van der Waals surface area contributed by atoms with E-state index in [0.29, 0.717) is 12.0 Å². The fourth-order valence-corrected chi connectivity index (χ4v) is 3.89. The molecule has 1 spiro atoms. The number of amides is 3. The highest BCUT2D eigenvalue weighted by Gasteiger charge is 2.55. The lowest BCUT2D eigenvalue weighted by Crippen LogP contribution is -2.42. The number of aryl methyl sites for hydroxylation is 2. The molecule has 0 bridgehead atoms. The first-order valence-corrected chi connectivity index (χ1v) is 8.90. The second-order valence-electron chi connectivity index (χ2n) is 6.86. The number of nitrogens with one attached hydrogen (secondary N) is 1. The van der Waals surface area contributed by atoms with Crippen LogP contribution in [0.3, 0.4) is 0 Å². The van der Waals surface area contributed by atoms with Crippen LogP contribution < -0.4 is 5.32 Å². The zero-order valence-electron chi connectivity index (χ0n) is 14.6. The Morgan fingerprint density at radius 3 is 2.58 bits per heavy atom. The molecular weight excluding hydrogens is 328 g/mol. The van der Waals surface area contributed by atoms with E-state index in [9.17, 15) is 14.4 Å². The first kappa shape index (κ1) is 16.5. The number of nitrogens with zero attached hydrogens (tertiary/aromatic N) is 1. The van der Waals surface area contributed by atoms with Crippen LogP contribution in [0.2, 0.25) is 0 Å². The SMILES string of the molecule is CCc1ccc(C(=O)CN2C(=O)NC3(CCc4ccccc43)C2=O)cc1. The Hall–Kier alpha value is -2.95. The van der Waals surface area contributed by atoms with Gasteiger partial charge in [0.1, 0.15) is 5.54 Å². The summed E-state index contributed by atoms with van der Waals surface area (Å²) in [4.78, 5) is 39.1. The monoisotopic (exact) mass is 348 g/mol. The first-order valence-electron chi connectivity index (χ1n) is 8.90. The van der Waals surface area contributed by atoms with Crippen molar-refractivity contribution in [3.63, 3.8) is 0 Å². The Bertz CT molecular complexity index is 904. The molecule has 3 amide bonds. The lowest BCUT2D eigenvalue weighted by molar-refractivity contribution is -0.131. The topological polar surface area (TPSA) is 66.5 Å². The summed E-state index contributed by atoms with van der Waals surface area (Å²) >= 11 is 0. The van der Waals surface area contributed by atoms with Gasteiger partial charge < -0.3 is 5.32 Å². The summed E-state index contributed by atoms with van der Waals surface area (Å²) in [6, 6.07) is 14.5. The number of imide groups is 1. The first-order chi connectivity index (χ1) is 12.5. The van der Waals surface area contributed by atoms with Crippen molar-refractivity contribution < 1.29 is 14.4 Å². The average molecular weight is 348 g/mol. The number of hydrogen-bond acceptors (Lipinski definition) is 3. The summed E-state index contributed by atoms with van der Waals surface area (Å²) in [6.45, 7) is 1.81. The third kappa shape index (κ3) is 2.43. The van der Waals surface area contributed by atoms with Gasteiger partial charge in [-0.25, -0.2) is 4.79 Å². The molecule has 0 radical (unpaired) electrons. The molecular formula is C21H20N2O3. The summed E-state index contributed by atoms with van der Waals surface area (Å²) in [5.41, 5.74) is 2.55. The highest BCUT2D eigenvalue weighted by atomic mass is 16.2. The van der Waals surface area contributed by atoms with Crippen LogP contribution in [0.15, 0.2) is 48.5 Å². The third-order valence-corrected chi connectivity index (χ3v) is 5.41. The predicted molar refractivity (Wildman–Crippen MR) is 96.8 cm³/mol. The number of hydrogen-bond donors (Lipinski definition) is 1. The molecule has 1 atom stereocenters. The molecule has 2 aromatic rings. The molecule has 1 saturated heterocycles. The van der Waals surface area contributed by atoms with Crippen molar-refractivity contribution in [2.45, 2.75) is 31.7 Å². The number of carbonyl (C=O) groups excluding carboxylic acids is 3. The van der Waals surface area contributed by atoms with Crippen molar-refractivity contribution in [2.24, 2.45) is 0 Å². The van der Waals surface area contributed by atoms with Gasteiger partial charge in [0.15, 0.2) is 5.78 Å². The Kier molecular flexibility index (Phi) is 3.87.